The lowest BCUT2D eigenvalue weighted by Gasteiger charge is -2.06. The average molecular weight is 245 g/mol. The Labute approximate surface area is 106 Å². The Balaban J connectivity index is 1.63. The highest BCUT2D eigenvalue weighted by Gasteiger charge is 2.02. The van der Waals surface area contributed by atoms with Crippen molar-refractivity contribution < 1.29 is 13.9 Å². The van der Waals surface area contributed by atoms with Crippen LogP contribution in [0.2, 0.25) is 0 Å². The second kappa shape index (κ2) is 6.49. The molecule has 0 radical (unpaired) electrons. The van der Waals surface area contributed by atoms with Gasteiger partial charge in [-0.3, -0.25) is 0 Å². The van der Waals surface area contributed by atoms with E-state index in [1.165, 1.54) is 0 Å². The number of ether oxygens (including phenoxy) is 1. The van der Waals surface area contributed by atoms with Gasteiger partial charge in [-0.15, -0.1) is 0 Å². The quantitative estimate of drug-likeness (QED) is 0.881. The van der Waals surface area contributed by atoms with Gasteiger partial charge < -0.3 is 14.5 Å². The van der Waals surface area contributed by atoms with Gasteiger partial charge in [-0.05, 0) is 17.7 Å². The number of furan rings is 1. The number of carbonyl (C=O) groups is 1. The summed E-state index contributed by atoms with van der Waals surface area (Å²) >= 11 is 0. The van der Waals surface area contributed by atoms with Crippen molar-refractivity contribution in [3.05, 3.63) is 60.1 Å². The summed E-state index contributed by atoms with van der Waals surface area (Å²) in [6, 6.07) is 13.3. The highest BCUT2D eigenvalue weighted by Crippen LogP contribution is 2.01. The van der Waals surface area contributed by atoms with Crippen molar-refractivity contribution in [2.45, 2.75) is 13.0 Å². The normalized spacial score (nSPS) is 10.0. The third-order valence-electron chi connectivity index (χ3n) is 2.43. The molecule has 0 atom stereocenters. The largest absolute Gasteiger partial charge is 0.469 e. The molecule has 0 fully saturated rings. The van der Waals surface area contributed by atoms with E-state index >= 15 is 0 Å². The average Bonchev–Trinajstić information content (AvgIpc) is 2.91. The Morgan fingerprint density at radius 1 is 1.17 bits per heavy atom. The molecule has 0 spiro atoms. The highest BCUT2D eigenvalue weighted by molar-refractivity contribution is 5.67. The second-order valence-electron chi connectivity index (χ2n) is 3.82. The topological polar surface area (TPSA) is 51.5 Å². The fraction of sp³-hybridized carbons (Fsp3) is 0.214. The zero-order valence-corrected chi connectivity index (χ0v) is 9.96. The summed E-state index contributed by atoms with van der Waals surface area (Å²) in [6.07, 6.45) is 1.86. The Morgan fingerprint density at radius 2 is 2.00 bits per heavy atom. The van der Waals surface area contributed by atoms with Crippen molar-refractivity contribution in [2.75, 3.05) is 6.54 Å². The minimum atomic E-state index is -0.412. The molecule has 1 aromatic carbocycles. The van der Waals surface area contributed by atoms with Crippen LogP contribution in [-0.2, 0) is 17.8 Å². The number of amides is 1. The Kier molecular flexibility index (Phi) is 4.41. The molecule has 94 valence electrons. The lowest BCUT2D eigenvalue weighted by atomic mass is 10.2. The van der Waals surface area contributed by atoms with E-state index in [9.17, 15) is 4.79 Å². The van der Waals surface area contributed by atoms with Gasteiger partial charge >= 0.3 is 6.09 Å². The van der Waals surface area contributed by atoms with Crippen molar-refractivity contribution in [3.8, 4) is 0 Å². The zero-order valence-electron chi connectivity index (χ0n) is 9.96. The number of carbonyl (C=O) groups excluding carboxylic acids is 1. The van der Waals surface area contributed by atoms with E-state index in [-0.39, 0.29) is 6.61 Å². The summed E-state index contributed by atoms with van der Waals surface area (Å²) in [5.74, 6) is 0.846. The van der Waals surface area contributed by atoms with Crippen molar-refractivity contribution in [1.29, 1.82) is 0 Å². The summed E-state index contributed by atoms with van der Waals surface area (Å²) in [5, 5.41) is 2.67. The first-order valence-corrected chi connectivity index (χ1v) is 5.81. The summed E-state index contributed by atoms with van der Waals surface area (Å²) in [7, 11) is 0. The molecule has 1 amide bonds. The van der Waals surface area contributed by atoms with Crippen molar-refractivity contribution >= 4 is 6.09 Å². The molecule has 2 aromatic rings. The molecular weight excluding hydrogens is 230 g/mol. The van der Waals surface area contributed by atoms with Crippen LogP contribution in [0.1, 0.15) is 11.3 Å². The maximum Gasteiger partial charge on any atom is 0.407 e. The first kappa shape index (κ1) is 12.2. The zero-order chi connectivity index (χ0) is 12.6. The molecule has 0 saturated heterocycles. The van der Waals surface area contributed by atoms with Crippen LogP contribution in [0, 0.1) is 0 Å². The van der Waals surface area contributed by atoms with Crippen LogP contribution in [0.5, 0.6) is 0 Å². The van der Waals surface area contributed by atoms with Crippen molar-refractivity contribution in [1.82, 2.24) is 5.32 Å². The van der Waals surface area contributed by atoms with Crippen LogP contribution < -0.4 is 5.32 Å². The maximum absolute atomic E-state index is 11.4. The first-order chi connectivity index (χ1) is 8.84. The summed E-state index contributed by atoms with van der Waals surface area (Å²) in [6.45, 7) is 0.786. The molecule has 0 bridgehead atoms. The number of nitrogens with one attached hydrogen (secondary N) is 1. The van der Waals surface area contributed by atoms with Gasteiger partial charge in [0.05, 0.1) is 6.26 Å². The molecule has 0 unspecified atom stereocenters. The highest BCUT2D eigenvalue weighted by atomic mass is 16.5. The number of alkyl carbamates (subject to hydrolysis) is 1. The Morgan fingerprint density at radius 3 is 2.72 bits per heavy atom. The number of hydrogen-bond donors (Lipinski definition) is 1. The van der Waals surface area contributed by atoms with Gasteiger partial charge in [-0.25, -0.2) is 4.79 Å². The molecule has 1 heterocycles. The summed E-state index contributed by atoms with van der Waals surface area (Å²) < 4.78 is 10.2. The molecule has 4 nitrogen and oxygen atoms in total. The molecule has 4 heteroatoms. The van der Waals surface area contributed by atoms with Gasteiger partial charge in [0.2, 0.25) is 0 Å². The van der Waals surface area contributed by atoms with Gasteiger partial charge in [-0.1, -0.05) is 30.3 Å². The molecule has 1 aromatic heterocycles. The predicted octanol–water partition coefficient (Wildman–Crippen LogP) is 2.75. The smallest absolute Gasteiger partial charge is 0.407 e. The minimum Gasteiger partial charge on any atom is -0.469 e. The van der Waals surface area contributed by atoms with Gasteiger partial charge in [0.25, 0.3) is 0 Å². The Bertz CT molecular complexity index is 465. The van der Waals surface area contributed by atoms with Crippen molar-refractivity contribution in [2.24, 2.45) is 0 Å². The lowest BCUT2D eigenvalue weighted by molar-refractivity contribution is 0.139. The molecule has 2 rings (SSSR count). The van der Waals surface area contributed by atoms with Gasteiger partial charge in [0.1, 0.15) is 12.4 Å². The monoisotopic (exact) mass is 245 g/mol. The van der Waals surface area contributed by atoms with Gasteiger partial charge in [0, 0.05) is 13.0 Å². The van der Waals surface area contributed by atoms with Crippen LogP contribution in [0.3, 0.4) is 0 Å². The fourth-order valence-electron chi connectivity index (χ4n) is 1.52. The van der Waals surface area contributed by atoms with Crippen LogP contribution in [0.4, 0.5) is 4.79 Å². The van der Waals surface area contributed by atoms with E-state index in [4.69, 9.17) is 9.15 Å². The standard InChI is InChI=1S/C14H15NO3/c16-14(15-9-8-13-7-4-10-17-13)18-11-12-5-2-1-3-6-12/h1-7,10H,8-9,11H2,(H,15,16). The van der Waals surface area contributed by atoms with Crippen molar-refractivity contribution in [3.63, 3.8) is 0 Å². The molecule has 0 aliphatic heterocycles. The molecule has 0 saturated carbocycles. The molecule has 0 aliphatic carbocycles. The SMILES string of the molecule is O=C(NCCc1ccco1)OCc1ccccc1. The number of benzene rings is 1. The van der Waals surface area contributed by atoms with E-state index in [1.807, 2.05) is 42.5 Å². The van der Waals surface area contributed by atoms with E-state index in [2.05, 4.69) is 5.32 Å². The van der Waals surface area contributed by atoms with Crippen LogP contribution in [-0.4, -0.2) is 12.6 Å². The number of rotatable bonds is 5. The Hall–Kier alpha value is -2.23. The molecular formula is C14H15NO3. The van der Waals surface area contributed by atoms with Crippen LogP contribution >= 0.6 is 0 Å². The van der Waals surface area contributed by atoms with Crippen LogP contribution in [0.15, 0.2) is 53.1 Å². The van der Waals surface area contributed by atoms with E-state index < -0.39 is 6.09 Å². The second-order valence-corrected chi connectivity index (χ2v) is 3.82. The lowest BCUT2D eigenvalue weighted by Crippen LogP contribution is -2.26. The third-order valence-corrected chi connectivity index (χ3v) is 2.43. The molecule has 1 N–H and O–H groups in total. The maximum atomic E-state index is 11.4. The summed E-state index contributed by atoms with van der Waals surface area (Å²) in [5.41, 5.74) is 0.971. The number of hydrogen-bond acceptors (Lipinski definition) is 3. The first-order valence-electron chi connectivity index (χ1n) is 5.81. The molecule has 0 aliphatic rings. The van der Waals surface area contributed by atoms with E-state index in [0.717, 1.165) is 11.3 Å². The van der Waals surface area contributed by atoms with E-state index in [1.54, 1.807) is 6.26 Å². The van der Waals surface area contributed by atoms with Gasteiger partial charge in [0.15, 0.2) is 0 Å². The molecule has 18 heavy (non-hydrogen) atoms. The minimum absolute atomic E-state index is 0.285. The van der Waals surface area contributed by atoms with E-state index in [0.29, 0.717) is 13.0 Å². The predicted molar refractivity (Wildman–Crippen MR) is 67.0 cm³/mol. The van der Waals surface area contributed by atoms with Gasteiger partial charge in [-0.2, -0.15) is 0 Å². The third kappa shape index (κ3) is 3.97. The van der Waals surface area contributed by atoms with Crippen LogP contribution in [0.25, 0.3) is 0 Å². The summed E-state index contributed by atoms with van der Waals surface area (Å²) in [4.78, 5) is 11.4. The fourth-order valence-corrected chi connectivity index (χ4v) is 1.52.